The second-order valence-electron chi connectivity index (χ2n) is 6.52. The van der Waals surface area contributed by atoms with Gasteiger partial charge in [0.25, 0.3) is 0 Å². The molecule has 4 rings (SSSR count). The Labute approximate surface area is 193 Å². The first-order chi connectivity index (χ1) is 15.1. The molecular weight excluding hydrogens is 452 g/mol. The topological polar surface area (TPSA) is 71.1 Å². The van der Waals surface area contributed by atoms with Crippen molar-refractivity contribution in [3.05, 3.63) is 75.9 Å². The molecule has 1 N–H and O–H groups in total. The van der Waals surface area contributed by atoms with Crippen LogP contribution in [0.4, 0.5) is 5.69 Å². The summed E-state index contributed by atoms with van der Waals surface area (Å²) in [6, 6.07) is 18.8. The van der Waals surface area contributed by atoms with E-state index in [1.165, 1.54) is 11.8 Å². The Morgan fingerprint density at radius 3 is 2.61 bits per heavy atom. The van der Waals surface area contributed by atoms with Crippen LogP contribution in [-0.4, -0.2) is 34.0 Å². The van der Waals surface area contributed by atoms with E-state index in [4.69, 9.17) is 16.3 Å². The van der Waals surface area contributed by atoms with Crippen LogP contribution in [0.5, 0.6) is 5.75 Å². The number of thiophene rings is 1. The number of hydrogen-bond donors (Lipinski definition) is 1. The van der Waals surface area contributed by atoms with E-state index in [0.717, 1.165) is 21.9 Å². The summed E-state index contributed by atoms with van der Waals surface area (Å²) in [6.45, 7) is 0.507. The maximum atomic E-state index is 13.1. The van der Waals surface area contributed by atoms with E-state index in [2.05, 4.69) is 15.2 Å². The van der Waals surface area contributed by atoms with E-state index < -0.39 is 0 Å². The highest BCUT2D eigenvalue weighted by atomic mass is 35.5. The molecule has 4 aromatic rings. The van der Waals surface area contributed by atoms with Crippen molar-refractivity contribution in [3.63, 3.8) is 0 Å². The van der Waals surface area contributed by atoms with Gasteiger partial charge in [0.2, 0.25) is 11.1 Å². The van der Waals surface area contributed by atoms with Crippen molar-refractivity contribution in [1.29, 1.82) is 0 Å². The van der Waals surface area contributed by atoms with Crippen LogP contribution in [0.15, 0.2) is 71.2 Å². The average Bonchev–Trinajstić information content (AvgIpc) is 3.49. The van der Waals surface area contributed by atoms with Crippen molar-refractivity contribution >= 4 is 46.3 Å². The minimum absolute atomic E-state index is 0.0265. The standard InChI is InChI=1S/C22H19ClN4O2S2/c1-29-18-10-8-17(9-11-18)27(13-19-3-2-12-30-19)20(28)14-31-22-24-21(25-26-22)15-4-6-16(23)7-5-15/h2-12H,13-14H2,1H3,(H,24,25,26). The summed E-state index contributed by atoms with van der Waals surface area (Å²) in [7, 11) is 1.62. The number of carbonyl (C=O) groups is 1. The SMILES string of the molecule is COc1ccc(N(Cc2cccs2)C(=O)CSc2n[nH]c(-c3ccc(Cl)cc3)n2)cc1. The molecule has 0 aliphatic heterocycles. The number of halogens is 1. The number of nitrogens with one attached hydrogen (secondary N) is 1. The molecule has 0 aliphatic carbocycles. The molecule has 0 saturated heterocycles. The summed E-state index contributed by atoms with van der Waals surface area (Å²) in [4.78, 5) is 20.5. The number of nitrogens with zero attached hydrogens (tertiary/aromatic N) is 3. The van der Waals surface area contributed by atoms with Gasteiger partial charge in [-0.15, -0.1) is 16.4 Å². The quantitative estimate of drug-likeness (QED) is 0.343. The smallest absolute Gasteiger partial charge is 0.237 e. The lowest BCUT2D eigenvalue weighted by atomic mass is 10.2. The molecule has 0 bridgehead atoms. The molecule has 1 amide bonds. The van der Waals surface area contributed by atoms with Crippen molar-refractivity contribution in [3.8, 4) is 17.1 Å². The Bertz CT molecular complexity index is 1130. The van der Waals surface area contributed by atoms with Gasteiger partial charge in [0.1, 0.15) is 5.75 Å². The van der Waals surface area contributed by atoms with Gasteiger partial charge in [0, 0.05) is 21.2 Å². The Morgan fingerprint density at radius 1 is 1.16 bits per heavy atom. The summed E-state index contributed by atoms with van der Waals surface area (Å²) in [5, 5.41) is 10.3. The molecule has 2 aromatic carbocycles. The van der Waals surface area contributed by atoms with Crippen LogP contribution in [0.3, 0.4) is 0 Å². The number of aromatic amines is 1. The lowest BCUT2D eigenvalue weighted by molar-refractivity contribution is -0.116. The van der Waals surface area contributed by atoms with Crippen molar-refractivity contribution < 1.29 is 9.53 Å². The Hall–Kier alpha value is -2.81. The van der Waals surface area contributed by atoms with Gasteiger partial charge >= 0.3 is 0 Å². The molecule has 0 radical (unpaired) electrons. The number of thioether (sulfide) groups is 1. The van der Waals surface area contributed by atoms with Crippen molar-refractivity contribution in [2.75, 3.05) is 17.8 Å². The number of methoxy groups -OCH3 is 1. The molecule has 9 heteroatoms. The highest BCUT2D eigenvalue weighted by Crippen LogP contribution is 2.25. The lowest BCUT2D eigenvalue weighted by Crippen LogP contribution is -2.31. The number of carbonyl (C=O) groups excluding carboxylic acids is 1. The number of benzene rings is 2. The summed E-state index contributed by atoms with van der Waals surface area (Å²) < 4.78 is 5.23. The predicted octanol–water partition coefficient (Wildman–Crippen LogP) is 5.52. The van der Waals surface area contributed by atoms with Crippen molar-refractivity contribution in [1.82, 2.24) is 15.2 Å². The van der Waals surface area contributed by atoms with E-state index in [0.29, 0.717) is 22.5 Å². The van der Waals surface area contributed by atoms with Gasteiger partial charge in [0.05, 0.1) is 19.4 Å². The van der Waals surface area contributed by atoms with Gasteiger partial charge in [-0.3, -0.25) is 9.89 Å². The van der Waals surface area contributed by atoms with Crippen LogP contribution < -0.4 is 9.64 Å². The van der Waals surface area contributed by atoms with Crippen molar-refractivity contribution in [2.45, 2.75) is 11.7 Å². The maximum absolute atomic E-state index is 13.1. The Kier molecular flexibility index (Phi) is 6.91. The number of rotatable bonds is 8. The minimum Gasteiger partial charge on any atom is -0.497 e. The van der Waals surface area contributed by atoms with Gasteiger partial charge in [-0.25, -0.2) is 4.98 Å². The van der Waals surface area contributed by atoms with E-state index >= 15 is 0 Å². The first kappa shape index (κ1) is 21.4. The van der Waals surface area contributed by atoms with Gasteiger partial charge in [-0.05, 0) is 60.0 Å². The van der Waals surface area contributed by atoms with Crippen LogP contribution in [0, 0.1) is 0 Å². The molecule has 0 atom stereocenters. The van der Waals surface area contributed by atoms with E-state index in [-0.39, 0.29) is 11.7 Å². The third-order valence-electron chi connectivity index (χ3n) is 4.49. The zero-order chi connectivity index (χ0) is 21.6. The summed E-state index contributed by atoms with van der Waals surface area (Å²) in [5.74, 6) is 1.57. The molecular formula is C22H19ClN4O2S2. The maximum Gasteiger partial charge on any atom is 0.237 e. The summed E-state index contributed by atoms with van der Waals surface area (Å²) in [6.07, 6.45) is 0. The highest BCUT2D eigenvalue weighted by molar-refractivity contribution is 7.99. The highest BCUT2D eigenvalue weighted by Gasteiger charge is 2.18. The monoisotopic (exact) mass is 470 g/mol. The van der Waals surface area contributed by atoms with Crippen LogP contribution in [0.25, 0.3) is 11.4 Å². The van der Waals surface area contributed by atoms with Gasteiger partial charge in [0.15, 0.2) is 5.82 Å². The fourth-order valence-corrected chi connectivity index (χ4v) is 4.39. The molecule has 0 saturated carbocycles. The molecule has 158 valence electrons. The van der Waals surface area contributed by atoms with E-state index in [9.17, 15) is 4.79 Å². The molecule has 0 fully saturated rings. The fraction of sp³-hybridized carbons (Fsp3) is 0.136. The van der Waals surface area contributed by atoms with Gasteiger partial charge in [-0.1, -0.05) is 29.4 Å². The van der Waals surface area contributed by atoms with E-state index in [1.807, 2.05) is 53.9 Å². The van der Waals surface area contributed by atoms with Gasteiger partial charge in [-0.2, -0.15) is 0 Å². The number of hydrogen-bond acceptors (Lipinski definition) is 6. The van der Waals surface area contributed by atoms with Crippen LogP contribution in [-0.2, 0) is 11.3 Å². The predicted molar refractivity (Wildman–Crippen MR) is 126 cm³/mol. The zero-order valence-corrected chi connectivity index (χ0v) is 19.0. The molecule has 2 heterocycles. The normalized spacial score (nSPS) is 10.8. The number of aromatic nitrogens is 3. The first-order valence-corrected chi connectivity index (χ1v) is 11.6. The summed E-state index contributed by atoms with van der Waals surface area (Å²) >= 11 is 8.86. The molecule has 6 nitrogen and oxygen atoms in total. The third kappa shape index (κ3) is 5.46. The Balaban J connectivity index is 1.46. The van der Waals surface area contributed by atoms with Crippen LogP contribution in [0.2, 0.25) is 5.02 Å². The summed E-state index contributed by atoms with van der Waals surface area (Å²) in [5.41, 5.74) is 1.70. The third-order valence-corrected chi connectivity index (χ3v) is 6.43. The average molecular weight is 471 g/mol. The number of ether oxygens (including phenoxy) is 1. The number of H-pyrrole nitrogens is 1. The molecule has 0 aliphatic rings. The molecule has 0 unspecified atom stereocenters. The Morgan fingerprint density at radius 2 is 1.94 bits per heavy atom. The van der Waals surface area contributed by atoms with E-state index in [1.54, 1.807) is 35.5 Å². The number of amides is 1. The zero-order valence-electron chi connectivity index (χ0n) is 16.6. The largest absolute Gasteiger partial charge is 0.497 e. The number of anilines is 1. The first-order valence-electron chi connectivity index (χ1n) is 9.40. The van der Waals surface area contributed by atoms with Gasteiger partial charge < -0.3 is 9.64 Å². The minimum atomic E-state index is -0.0265. The second-order valence-corrected chi connectivity index (χ2v) is 8.93. The molecule has 2 aromatic heterocycles. The lowest BCUT2D eigenvalue weighted by Gasteiger charge is -2.22. The second kappa shape index (κ2) is 10.00. The van der Waals surface area contributed by atoms with Crippen LogP contribution in [0.1, 0.15) is 4.88 Å². The van der Waals surface area contributed by atoms with Crippen molar-refractivity contribution in [2.24, 2.45) is 0 Å². The van der Waals surface area contributed by atoms with Crippen LogP contribution >= 0.6 is 34.7 Å². The molecule has 0 spiro atoms. The fourth-order valence-electron chi connectivity index (χ4n) is 2.90. The molecule has 31 heavy (non-hydrogen) atoms.